The molecule has 2 rings (SSSR count). The molecular weight excluding hydrogens is 298 g/mol. The number of nitrogens with zero attached hydrogens (tertiary/aromatic N) is 1. The first-order chi connectivity index (χ1) is 10.9. The van der Waals surface area contributed by atoms with Crippen LogP contribution in [0.25, 0.3) is 0 Å². The summed E-state index contributed by atoms with van der Waals surface area (Å²) in [7, 11) is 0. The number of rotatable bonds is 5. The Bertz CT molecular complexity index is 540. The third-order valence-corrected chi connectivity index (χ3v) is 4.64. The van der Waals surface area contributed by atoms with Crippen LogP contribution < -0.4 is 5.32 Å². The standard InChI is InChI=1S/C18H26F2N2O/c1-12(9-15-7-8-16(19)17(20)10-15)21-18(23)11-22-13(2)5-4-6-14(22)3/h7-8,10,12-14H,4-6,9,11H2,1-3H3,(H,21,23)/t12-,13?,14?/m1/s1. The second-order valence-corrected chi connectivity index (χ2v) is 6.72. The quantitative estimate of drug-likeness (QED) is 0.901. The predicted octanol–water partition coefficient (Wildman–Crippen LogP) is 3.27. The van der Waals surface area contributed by atoms with Gasteiger partial charge in [0.2, 0.25) is 5.91 Å². The lowest BCUT2D eigenvalue weighted by atomic mass is 9.97. The molecule has 1 aliphatic heterocycles. The molecule has 1 aromatic rings. The third-order valence-electron chi connectivity index (χ3n) is 4.64. The van der Waals surface area contributed by atoms with Crippen LogP contribution in [0.15, 0.2) is 18.2 Å². The zero-order valence-corrected chi connectivity index (χ0v) is 14.1. The highest BCUT2D eigenvalue weighted by atomic mass is 19.2. The third kappa shape index (κ3) is 4.99. The molecule has 1 aromatic carbocycles. The van der Waals surface area contributed by atoms with Gasteiger partial charge in [0.1, 0.15) is 0 Å². The van der Waals surface area contributed by atoms with Gasteiger partial charge < -0.3 is 5.32 Å². The molecule has 1 heterocycles. The molecule has 128 valence electrons. The summed E-state index contributed by atoms with van der Waals surface area (Å²) in [5.41, 5.74) is 0.677. The maximum atomic E-state index is 13.2. The number of halogens is 2. The molecule has 2 unspecified atom stereocenters. The van der Waals surface area contributed by atoms with E-state index in [-0.39, 0.29) is 11.9 Å². The first-order valence-corrected chi connectivity index (χ1v) is 8.36. The van der Waals surface area contributed by atoms with Gasteiger partial charge in [-0.15, -0.1) is 0 Å². The maximum absolute atomic E-state index is 13.2. The first-order valence-electron chi connectivity index (χ1n) is 8.36. The van der Waals surface area contributed by atoms with E-state index in [0.29, 0.717) is 30.6 Å². The Kier molecular flexibility index (Phi) is 6.10. The molecule has 1 amide bonds. The van der Waals surface area contributed by atoms with Gasteiger partial charge in [-0.05, 0) is 57.7 Å². The van der Waals surface area contributed by atoms with E-state index in [1.807, 2.05) is 6.92 Å². The molecular formula is C18H26F2N2O. The van der Waals surface area contributed by atoms with E-state index in [1.165, 1.54) is 12.5 Å². The lowest BCUT2D eigenvalue weighted by Crippen LogP contribution is -2.50. The van der Waals surface area contributed by atoms with Gasteiger partial charge in [-0.3, -0.25) is 9.69 Å². The van der Waals surface area contributed by atoms with Crippen molar-refractivity contribution in [3.8, 4) is 0 Å². The summed E-state index contributed by atoms with van der Waals surface area (Å²) in [6, 6.07) is 4.58. The van der Waals surface area contributed by atoms with E-state index in [0.717, 1.165) is 18.9 Å². The van der Waals surface area contributed by atoms with Gasteiger partial charge in [-0.1, -0.05) is 12.5 Å². The molecule has 3 atom stereocenters. The van der Waals surface area contributed by atoms with Crippen LogP contribution >= 0.6 is 0 Å². The number of nitrogens with one attached hydrogen (secondary N) is 1. The molecule has 5 heteroatoms. The van der Waals surface area contributed by atoms with Crippen molar-refractivity contribution in [1.82, 2.24) is 10.2 Å². The van der Waals surface area contributed by atoms with Crippen LogP contribution in [0.3, 0.4) is 0 Å². The SMILES string of the molecule is CC1CCCC(C)N1CC(=O)N[C@H](C)Cc1ccc(F)c(F)c1. The van der Waals surface area contributed by atoms with Gasteiger partial charge in [0.25, 0.3) is 0 Å². The van der Waals surface area contributed by atoms with Crippen LogP contribution in [0.2, 0.25) is 0 Å². The van der Waals surface area contributed by atoms with Crippen LogP contribution in [0.5, 0.6) is 0 Å². The summed E-state index contributed by atoms with van der Waals surface area (Å²) in [6.45, 7) is 6.59. The average molecular weight is 324 g/mol. The monoisotopic (exact) mass is 324 g/mol. The van der Waals surface area contributed by atoms with Crippen LogP contribution in [0.1, 0.15) is 45.6 Å². The molecule has 1 N–H and O–H groups in total. The van der Waals surface area contributed by atoms with Gasteiger partial charge >= 0.3 is 0 Å². The molecule has 0 spiro atoms. The van der Waals surface area contributed by atoms with E-state index < -0.39 is 11.6 Å². The minimum Gasteiger partial charge on any atom is -0.352 e. The molecule has 23 heavy (non-hydrogen) atoms. The van der Waals surface area contributed by atoms with Crippen LogP contribution in [-0.2, 0) is 11.2 Å². The zero-order chi connectivity index (χ0) is 17.0. The van der Waals surface area contributed by atoms with Crippen molar-refractivity contribution in [1.29, 1.82) is 0 Å². The van der Waals surface area contributed by atoms with E-state index in [4.69, 9.17) is 0 Å². The molecule has 1 fully saturated rings. The predicted molar refractivity (Wildman–Crippen MR) is 87.1 cm³/mol. The fourth-order valence-electron chi connectivity index (χ4n) is 3.34. The van der Waals surface area contributed by atoms with Crippen LogP contribution in [0, 0.1) is 11.6 Å². The minimum atomic E-state index is -0.850. The van der Waals surface area contributed by atoms with Crippen LogP contribution in [0.4, 0.5) is 8.78 Å². The van der Waals surface area contributed by atoms with Crippen LogP contribution in [-0.4, -0.2) is 35.5 Å². The van der Waals surface area contributed by atoms with Gasteiger partial charge in [0.05, 0.1) is 6.54 Å². The van der Waals surface area contributed by atoms with Gasteiger partial charge in [-0.25, -0.2) is 8.78 Å². The van der Waals surface area contributed by atoms with Crippen molar-refractivity contribution >= 4 is 5.91 Å². The smallest absolute Gasteiger partial charge is 0.234 e. The molecule has 0 saturated carbocycles. The highest BCUT2D eigenvalue weighted by Gasteiger charge is 2.26. The maximum Gasteiger partial charge on any atom is 0.234 e. The Labute approximate surface area is 137 Å². The van der Waals surface area contributed by atoms with Gasteiger partial charge in [0.15, 0.2) is 11.6 Å². The van der Waals surface area contributed by atoms with Gasteiger partial charge in [0, 0.05) is 18.1 Å². The number of hydrogen-bond donors (Lipinski definition) is 1. The Balaban J connectivity index is 1.85. The normalized spacial score (nSPS) is 23.5. The number of hydrogen-bond acceptors (Lipinski definition) is 2. The summed E-state index contributed by atoms with van der Waals surface area (Å²) >= 11 is 0. The molecule has 0 aliphatic carbocycles. The molecule has 1 saturated heterocycles. The molecule has 1 aliphatic rings. The highest BCUT2D eigenvalue weighted by molar-refractivity contribution is 5.78. The summed E-state index contributed by atoms with van der Waals surface area (Å²) in [6.07, 6.45) is 3.95. The Morgan fingerprint density at radius 2 is 1.91 bits per heavy atom. The summed E-state index contributed by atoms with van der Waals surface area (Å²) in [4.78, 5) is 14.5. The first kappa shape index (κ1) is 17.9. The summed E-state index contributed by atoms with van der Waals surface area (Å²) in [5.74, 6) is -1.71. The Morgan fingerprint density at radius 1 is 1.26 bits per heavy atom. The number of carbonyl (C=O) groups is 1. The summed E-state index contributed by atoms with van der Waals surface area (Å²) < 4.78 is 26.1. The second kappa shape index (κ2) is 7.86. The number of amides is 1. The second-order valence-electron chi connectivity index (χ2n) is 6.72. The molecule has 3 nitrogen and oxygen atoms in total. The minimum absolute atomic E-state index is 0.0133. The number of carbonyl (C=O) groups excluding carboxylic acids is 1. The van der Waals surface area contributed by atoms with Crippen molar-refractivity contribution in [2.75, 3.05) is 6.54 Å². The Hall–Kier alpha value is -1.49. The molecule has 0 aromatic heterocycles. The fraction of sp³-hybridized carbons (Fsp3) is 0.611. The van der Waals surface area contributed by atoms with Gasteiger partial charge in [-0.2, -0.15) is 0 Å². The van der Waals surface area contributed by atoms with Crippen molar-refractivity contribution < 1.29 is 13.6 Å². The van der Waals surface area contributed by atoms with Crippen molar-refractivity contribution in [2.24, 2.45) is 0 Å². The zero-order valence-electron chi connectivity index (χ0n) is 14.1. The fourth-order valence-corrected chi connectivity index (χ4v) is 3.34. The number of likely N-dealkylation sites (tertiary alicyclic amines) is 1. The van der Waals surface area contributed by atoms with Crippen molar-refractivity contribution in [3.63, 3.8) is 0 Å². The average Bonchev–Trinajstić information content (AvgIpc) is 2.47. The van der Waals surface area contributed by atoms with Crippen molar-refractivity contribution in [3.05, 3.63) is 35.4 Å². The van der Waals surface area contributed by atoms with E-state index >= 15 is 0 Å². The lowest BCUT2D eigenvalue weighted by molar-refractivity contribution is -0.124. The highest BCUT2D eigenvalue weighted by Crippen LogP contribution is 2.21. The summed E-state index contributed by atoms with van der Waals surface area (Å²) in [5, 5.41) is 2.95. The topological polar surface area (TPSA) is 32.3 Å². The number of benzene rings is 1. The van der Waals surface area contributed by atoms with E-state index in [1.54, 1.807) is 6.07 Å². The van der Waals surface area contributed by atoms with Crippen molar-refractivity contribution in [2.45, 2.75) is 64.6 Å². The molecule has 0 radical (unpaired) electrons. The molecule has 0 bridgehead atoms. The van der Waals surface area contributed by atoms with E-state index in [9.17, 15) is 13.6 Å². The Morgan fingerprint density at radius 3 is 2.52 bits per heavy atom. The number of piperidine rings is 1. The lowest BCUT2D eigenvalue weighted by Gasteiger charge is -2.38. The largest absolute Gasteiger partial charge is 0.352 e. The van der Waals surface area contributed by atoms with E-state index in [2.05, 4.69) is 24.1 Å².